The number of aliphatic hydroxyl groups is 1. The summed E-state index contributed by atoms with van der Waals surface area (Å²) in [5.41, 5.74) is 1.06. The fraction of sp³-hybridized carbons (Fsp3) is 0.697. The van der Waals surface area contributed by atoms with Crippen molar-refractivity contribution in [1.82, 2.24) is 21.3 Å². The van der Waals surface area contributed by atoms with E-state index >= 15 is 0 Å². The highest BCUT2D eigenvalue weighted by atomic mass is 32.2. The van der Waals surface area contributed by atoms with Crippen molar-refractivity contribution < 1.29 is 29.0 Å². The monoisotopic (exact) mass is 672 g/mol. The van der Waals surface area contributed by atoms with Crippen LogP contribution < -0.4 is 21.3 Å². The summed E-state index contributed by atoms with van der Waals surface area (Å²) in [6.07, 6.45) is 5.66. The third-order valence-electron chi connectivity index (χ3n) is 6.49. The van der Waals surface area contributed by atoms with Crippen molar-refractivity contribution in [1.29, 1.82) is 0 Å². The van der Waals surface area contributed by atoms with Gasteiger partial charge in [0.2, 0.25) is 11.8 Å². The van der Waals surface area contributed by atoms with Gasteiger partial charge in [0.25, 0.3) is 6.47 Å². The number of ketones is 1. The predicted octanol–water partition coefficient (Wildman–Crippen LogP) is 4.81. The van der Waals surface area contributed by atoms with E-state index in [4.69, 9.17) is 5.11 Å². The molecule has 0 saturated carbocycles. The van der Waals surface area contributed by atoms with Crippen LogP contribution in [0.4, 0.5) is 0 Å². The fourth-order valence-electron chi connectivity index (χ4n) is 3.99. The van der Waals surface area contributed by atoms with E-state index in [9.17, 15) is 19.2 Å². The highest BCUT2D eigenvalue weighted by molar-refractivity contribution is 8.18. The molecule has 2 amide bonds. The van der Waals surface area contributed by atoms with Gasteiger partial charge in [-0.1, -0.05) is 70.9 Å². The van der Waals surface area contributed by atoms with E-state index in [1.807, 2.05) is 95.5 Å². The summed E-state index contributed by atoms with van der Waals surface area (Å²) in [5, 5.41) is 19.9. The maximum atomic E-state index is 12.4. The van der Waals surface area contributed by atoms with E-state index < -0.39 is 0 Å². The number of amides is 2. The van der Waals surface area contributed by atoms with Gasteiger partial charge in [-0.3, -0.25) is 24.5 Å². The molecule has 1 fully saturated rings. The number of aliphatic hydroxyl groups excluding tert-OH is 1. The molecule has 2 rings (SSSR count). The van der Waals surface area contributed by atoms with E-state index in [0.29, 0.717) is 19.5 Å². The van der Waals surface area contributed by atoms with Crippen molar-refractivity contribution in [2.24, 2.45) is 0 Å². The number of unbranched alkanes of at least 4 members (excludes halogenated alkanes) is 1. The summed E-state index contributed by atoms with van der Waals surface area (Å²) in [5.74, 6) is 2.17. The Kier molecular flexibility index (Phi) is 29.3. The molecule has 45 heavy (non-hydrogen) atoms. The van der Waals surface area contributed by atoms with Gasteiger partial charge in [-0.2, -0.15) is 0 Å². The van der Waals surface area contributed by atoms with Crippen molar-refractivity contribution in [3.05, 3.63) is 35.9 Å². The van der Waals surface area contributed by atoms with Crippen LogP contribution >= 0.6 is 23.5 Å². The number of likely N-dealkylation sites (N-methyl/N-ethyl adjacent to an activating group) is 1. The zero-order valence-corrected chi connectivity index (χ0v) is 30.4. The van der Waals surface area contributed by atoms with Crippen molar-refractivity contribution in [2.75, 3.05) is 38.4 Å². The molecular weight excluding hydrogens is 613 g/mol. The summed E-state index contributed by atoms with van der Waals surface area (Å²) < 4.78 is 4.48. The van der Waals surface area contributed by atoms with Gasteiger partial charge in [-0.25, -0.2) is 0 Å². The first-order valence-electron chi connectivity index (χ1n) is 16.0. The van der Waals surface area contributed by atoms with Gasteiger partial charge in [-0.05, 0) is 70.6 Å². The van der Waals surface area contributed by atoms with E-state index in [2.05, 4.69) is 32.9 Å². The smallest absolute Gasteiger partial charge is 0.293 e. The third-order valence-corrected chi connectivity index (χ3v) is 9.73. The zero-order chi connectivity index (χ0) is 34.5. The number of benzene rings is 1. The first kappa shape index (κ1) is 45.0. The lowest BCUT2D eigenvalue weighted by Crippen LogP contribution is -2.50. The normalized spacial score (nSPS) is 15.0. The second kappa shape index (κ2) is 29.3. The van der Waals surface area contributed by atoms with Crippen LogP contribution in [0.5, 0.6) is 0 Å². The van der Waals surface area contributed by atoms with Crippen molar-refractivity contribution >= 4 is 47.6 Å². The van der Waals surface area contributed by atoms with E-state index in [0.717, 1.165) is 42.8 Å². The number of nitrogens with one attached hydrogen (secondary N) is 4. The number of Topliss-reactive ketones (excluding diaryl/α,β-unsaturated/α-hetero) is 1. The van der Waals surface area contributed by atoms with E-state index in [-0.39, 0.29) is 53.1 Å². The molecule has 3 atom stereocenters. The predicted molar refractivity (Wildman–Crippen MR) is 189 cm³/mol. The summed E-state index contributed by atoms with van der Waals surface area (Å²) in [7, 11) is 1.81. The topological polar surface area (TPSA) is 146 Å². The maximum absolute atomic E-state index is 12.4. The molecule has 1 aromatic carbocycles. The molecule has 10 nitrogen and oxygen atoms in total. The standard InChI is InChI=1S/C15H28N2O2S2.C11H16N2O2.C5H10O2.C2H6/c1-5-7-12(11(2)18)17-14(19)13(16-4)10-15(3)20-8-6-9-21-15;1-9(10-5-3-2-4-6-10)13-11(15)7-12-8-14;1-2-3-4-7-5-6;1-2/h12-13,16H,5-10H2,1-4H3,(H,17,19);2-6,9,12,14H,7-8H2,1H3,(H,13,15);5H,2-4H2,1H3;1-2H3. The van der Waals surface area contributed by atoms with Crippen LogP contribution in [0.15, 0.2) is 30.3 Å². The minimum absolute atomic E-state index is 0.0146. The van der Waals surface area contributed by atoms with Crippen molar-refractivity contribution in [3.63, 3.8) is 0 Å². The first-order valence-corrected chi connectivity index (χ1v) is 18.0. The van der Waals surface area contributed by atoms with E-state index in [1.165, 1.54) is 6.42 Å². The molecule has 0 aromatic heterocycles. The molecule has 0 bridgehead atoms. The highest BCUT2D eigenvalue weighted by Crippen LogP contribution is 2.44. The number of rotatable bonds is 17. The summed E-state index contributed by atoms with van der Waals surface area (Å²) in [4.78, 5) is 44.8. The molecule has 1 aliphatic heterocycles. The molecule has 5 N–H and O–H groups in total. The zero-order valence-electron chi connectivity index (χ0n) is 28.8. The number of carbonyl (C=O) groups excluding carboxylic acids is 4. The molecule has 0 radical (unpaired) electrons. The van der Waals surface area contributed by atoms with Crippen LogP contribution in [0, 0.1) is 0 Å². The van der Waals surface area contributed by atoms with Crippen LogP contribution in [0.2, 0.25) is 0 Å². The minimum atomic E-state index is -0.349. The SMILES string of the molecule is CC.CC(NC(=O)CNCO)c1ccccc1.CCCC(NC(=O)C(CC1(C)SCCCS1)NC)C(C)=O.CCCCOC=O. The summed E-state index contributed by atoms with van der Waals surface area (Å²) in [6.45, 7) is 14.8. The first-order chi connectivity index (χ1) is 21.6. The van der Waals surface area contributed by atoms with Gasteiger partial charge < -0.3 is 25.8 Å². The number of carbonyl (C=O) groups is 4. The number of hydrogen-bond donors (Lipinski definition) is 5. The largest absolute Gasteiger partial charge is 0.468 e. The van der Waals surface area contributed by atoms with Gasteiger partial charge >= 0.3 is 0 Å². The lowest BCUT2D eigenvalue weighted by atomic mass is 10.1. The Balaban J connectivity index is 0. The Bertz CT molecular complexity index is 904. The average Bonchev–Trinajstić information content (AvgIpc) is 3.05. The van der Waals surface area contributed by atoms with Crippen LogP contribution in [0.1, 0.15) is 98.6 Å². The Morgan fingerprint density at radius 3 is 2.16 bits per heavy atom. The lowest BCUT2D eigenvalue weighted by Gasteiger charge is -2.35. The van der Waals surface area contributed by atoms with Gasteiger partial charge in [0, 0.05) is 0 Å². The molecule has 0 aliphatic carbocycles. The van der Waals surface area contributed by atoms with Gasteiger partial charge in [0.05, 0.1) is 42.1 Å². The summed E-state index contributed by atoms with van der Waals surface area (Å²) >= 11 is 3.88. The number of hydrogen-bond acceptors (Lipinski definition) is 10. The lowest BCUT2D eigenvalue weighted by molar-refractivity contribution is -0.129. The summed E-state index contributed by atoms with van der Waals surface area (Å²) in [6, 6.07) is 9.12. The van der Waals surface area contributed by atoms with Gasteiger partial charge in [0.15, 0.2) is 5.78 Å². The molecular formula is C33H60N4O6S2. The molecule has 0 spiro atoms. The quantitative estimate of drug-likeness (QED) is 0.0888. The Hall–Kier alpha value is -2.12. The van der Waals surface area contributed by atoms with Crippen molar-refractivity contribution in [3.8, 4) is 0 Å². The van der Waals surface area contributed by atoms with Crippen molar-refractivity contribution in [2.45, 2.75) is 109 Å². The number of thioether (sulfide) groups is 2. The van der Waals surface area contributed by atoms with Gasteiger partial charge in [-0.15, -0.1) is 23.5 Å². The molecule has 1 heterocycles. The van der Waals surface area contributed by atoms with Crippen LogP contribution in [0.25, 0.3) is 0 Å². The molecule has 1 aromatic rings. The minimum Gasteiger partial charge on any atom is -0.468 e. The van der Waals surface area contributed by atoms with E-state index in [1.54, 1.807) is 6.92 Å². The Morgan fingerprint density at radius 2 is 1.67 bits per heavy atom. The average molecular weight is 673 g/mol. The van der Waals surface area contributed by atoms with Crippen LogP contribution in [-0.2, 0) is 23.9 Å². The Labute approximate surface area is 280 Å². The molecule has 1 saturated heterocycles. The molecule has 12 heteroatoms. The molecule has 260 valence electrons. The van der Waals surface area contributed by atoms with Crippen LogP contribution in [-0.4, -0.2) is 83.8 Å². The molecule has 1 aliphatic rings. The van der Waals surface area contributed by atoms with Gasteiger partial charge in [0.1, 0.15) is 0 Å². The van der Waals surface area contributed by atoms with Crippen LogP contribution in [0.3, 0.4) is 0 Å². The highest BCUT2D eigenvalue weighted by Gasteiger charge is 2.34. The second-order valence-electron chi connectivity index (χ2n) is 10.3. The Morgan fingerprint density at radius 1 is 1.04 bits per heavy atom. The fourth-order valence-corrected chi connectivity index (χ4v) is 7.02. The second-order valence-corrected chi connectivity index (χ2v) is 13.7. The molecule has 3 unspecified atom stereocenters. The third kappa shape index (κ3) is 22.9. The maximum Gasteiger partial charge on any atom is 0.293 e. The number of ether oxygens (including phenoxy) is 1.